The topological polar surface area (TPSA) is 100 Å². The average molecular weight is 413 g/mol. The monoisotopic (exact) mass is 413 g/mol. The van der Waals surface area contributed by atoms with Gasteiger partial charge in [-0.05, 0) is 43.2 Å². The summed E-state index contributed by atoms with van der Waals surface area (Å²) in [6.07, 6.45) is 3.27. The highest BCUT2D eigenvalue weighted by Crippen LogP contribution is 2.31. The van der Waals surface area contributed by atoms with Gasteiger partial charge >= 0.3 is 0 Å². The van der Waals surface area contributed by atoms with Crippen molar-refractivity contribution < 1.29 is 23.8 Å². The number of anilines is 1. The number of nitrogens with one attached hydrogen (secondary N) is 2. The number of phenolic OH excluding ortho intramolecular Hbond substituents is 1. The number of hydrazone groups is 1. The Bertz CT molecular complexity index is 944. The molecule has 30 heavy (non-hydrogen) atoms. The fourth-order valence-electron chi connectivity index (χ4n) is 2.58. The molecule has 0 atom stereocenters. The summed E-state index contributed by atoms with van der Waals surface area (Å²) in [4.78, 5) is 23.7. The van der Waals surface area contributed by atoms with E-state index in [-0.39, 0.29) is 24.3 Å². The van der Waals surface area contributed by atoms with Gasteiger partial charge in [0.05, 0.1) is 18.5 Å². The van der Waals surface area contributed by atoms with E-state index in [9.17, 15) is 19.1 Å². The number of benzene rings is 2. The second-order valence-electron chi connectivity index (χ2n) is 6.27. The summed E-state index contributed by atoms with van der Waals surface area (Å²) in [7, 11) is 0. The number of allylic oxidation sites excluding steroid dienone is 1. The second kappa shape index (κ2) is 11.4. The zero-order valence-corrected chi connectivity index (χ0v) is 16.7. The van der Waals surface area contributed by atoms with Crippen molar-refractivity contribution in [3.05, 3.63) is 66.0 Å². The first-order valence-corrected chi connectivity index (χ1v) is 9.40. The smallest absolute Gasteiger partial charge is 0.240 e. The van der Waals surface area contributed by atoms with Crippen molar-refractivity contribution in [1.82, 2.24) is 5.43 Å². The minimum absolute atomic E-state index is 0.0406. The maximum atomic E-state index is 13.5. The predicted molar refractivity (Wildman–Crippen MR) is 113 cm³/mol. The van der Waals surface area contributed by atoms with Crippen molar-refractivity contribution in [1.29, 1.82) is 0 Å². The highest BCUT2D eigenvalue weighted by Gasteiger charge is 2.11. The molecule has 2 aromatic carbocycles. The maximum absolute atomic E-state index is 13.5. The molecule has 0 spiro atoms. The Kier molecular flexibility index (Phi) is 8.56. The third-order valence-corrected chi connectivity index (χ3v) is 3.97. The van der Waals surface area contributed by atoms with Crippen molar-refractivity contribution in [2.24, 2.45) is 5.10 Å². The molecular weight excluding hydrogens is 389 g/mol. The molecule has 8 heteroatoms. The van der Waals surface area contributed by atoms with Crippen LogP contribution in [0.2, 0.25) is 0 Å². The first kappa shape index (κ1) is 22.6. The zero-order valence-electron chi connectivity index (χ0n) is 16.7. The molecule has 0 aliphatic rings. The van der Waals surface area contributed by atoms with Gasteiger partial charge in [0, 0.05) is 18.4 Å². The Morgan fingerprint density at radius 3 is 2.67 bits per heavy atom. The number of aromatic hydroxyl groups is 1. The summed E-state index contributed by atoms with van der Waals surface area (Å²) < 4.78 is 18.9. The molecule has 158 valence electrons. The first-order chi connectivity index (χ1) is 14.4. The van der Waals surface area contributed by atoms with Gasteiger partial charge in [0.2, 0.25) is 11.8 Å². The molecule has 0 bridgehead atoms. The molecule has 0 saturated heterocycles. The van der Waals surface area contributed by atoms with Gasteiger partial charge in [-0.15, -0.1) is 6.58 Å². The Morgan fingerprint density at radius 2 is 1.97 bits per heavy atom. The van der Waals surface area contributed by atoms with Gasteiger partial charge in [0.15, 0.2) is 11.5 Å². The van der Waals surface area contributed by atoms with Crippen LogP contribution in [-0.2, 0) is 16.0 Å². The van der Waals surface area contributed by atoms with E-state index in [0.29, 0.717) is 29.9 Å². The molecule has 0 heterocycles. The largest absolute Gasteiger partial charge is 0.504 e. The lowest BCUT2D eigenvalue weighted by Gasteiger charge is -2.10. The fourth-order valence-corrected chi connectivity index (χ4v) is 2.58. The van der Waals surface area contributed by atoms with Crippen LogP contribution in [-0.4, -0.2) is 29.7 Å². The number of hydrogen-bond acceptors (Lipinski definition) is 5. The van der Waals surface area contributed by atoms with Crippen LogP contribution in [0, 0.1) is 5.82 Å². The van der Waals surface area contributed by atoms with Crippen LogP contribution < -0.4 is 15.5 Å². The van der Waals surface area contributed by atoms with Gasteiger partial charge in [-0.25, -0.2) is 9.82 Å². The van der Waals surface area contributed by atoms with Crippen molar-refractivity contribution in [2.45, 2.75) is 26.2 Å². The average Bonchev–Trinajstić information content (AvgIpc) is 2.72. The summed E-state index contributed by atoms with van der Waals surface area (Å²) >= 11 is 0. The zero-order chi connectivity index (χ0) is 21.9. The standard InChI is InChI=1S/C22H24FN3O4/c1-3-7-16-12-15(13-19(22(16)29)30-4-2)14-24-26-21(28)11-10-20(27)25-18-9-6-5-8-17(18)23/h3,5-6,8-9,12-14,29H,1,4,7,10-11H2,2H3,(H,25,27)(H,26,28). The van der Waals surface area contributed by atoms with Crippen LogP contribution in [0.3, 0.4) is 0 Å². The van der Waals surface area contributed by atoms with E-state index < -0.39 is 17.6 Å². The van der Waals surface area contributed by atoms with E-state index in [2.05, 4.69) is 22.4 Å². The van der Waals surface area contributed by atoms with Crippen molar-refractivity contribution >= 4 is 23.7 Å². The molecule has 2 amide bonds. The number of hydrogen-bond donors (Lipinski definition) is 3. The van der Waals surface area contributed by atoms with E-state index in [1.165, 1.54) is 24.4 Å². The summed E-state index contributed by atoms with van der Waals surface area (Å²) in [6, 6.07) is 9.09. The lowest BCUT2D eigenvalue weighted by Crippen LogP contribution is -2.21. The number of amides is 2. The lowest BCUT2D eigenvalue weighted by atomic mass is 10.1. The maximum Gasteiger partial charge on any atom is 0.240 e. The molecule has 0 radical (unpaired) electrons. The molecule has 2 rings (SSSR count). The predicted octanol–water partition coefficient (Wildman–Crippen LogP) is 3.53. The Hall–Kier alpha value is -3.68. The van der Waals surface area contributed by atoms with Crippen LogP contribution in [0.5, 0.6) is 11.5 Å². The second-order valence-corrected chi connectivity index (χ2v) is 6.27. The first-order valence-electron chi connectivity index (χ1n) is 9.40. The van der Waals surface area contributed by atoms with Gasteiger partial charge in [0.1, 0.15) is 5.82 Å². The molecule has 0 aliphatic heterocycles. The van der Waals surface area contributed by atoms with Crippen LogP contribution in [0.4, 0.5) is 10.1 Å². The number of nitrogens with zero attached hydrogens (tertiary/aromatic N) is 1. The highest BCUT2D eigenvalue weighted by molar-refractivity contribution is 5.93. The summed E-state index contributed by atoms with van der Waals surface area (Å²) in [6.45, 7) is 5.84. The number of carbonyl (C=O) groups is 2. The molecule has 0 aliphatic carbocycles. The van der Waals surface area contributed by atoms with E-state index in [4.69, 9.17) is 4.74 Å². The van der Waals surface area contributed by atoms with Crippen molar-refractivity contribution in [2.75, 3.05) is 11.9 Å². The van der Waals surface area contributed by atoms with Crippen LogP contribution in [0.25, 0.3) is 0 Å². The molecule has 0 saturated carbocycles. The third-order valence-electron chi connectivity index (χ3n) is 3.97. The third kappa shape index (κ3) is 6.73. The van der Waals surface area contributed by atoms with Crippen LogP contribution in [0.1, 0.15) is 30.9 Å². The number of carbonyl (C=O) groups excluding carboxylic acids is 2. The van der Waals surface area contributed by atoms with Crippen molar-refractivity contribution in [3.8, 4) is 11.5 Å². The van der Waals surface area contributed by atoms with E-state index in [0.717, 1.165) is 0 Å². The number of para-hydroxylation sites is 1. The number of phenols is 1. The quantitative estimate of drug-likeness (QED) is 0.315. The van der Waals surface area contributed by atoms with Crippen LogP contribution >= 0.6 is 0 Å². The number of rotatable bonds is 10. The molecule has 0 aromatic heterocycles. The van der Waals surface area contributed by atoms with Crippen LogP contribution in [0.15, 0.2) is 54.2 Å². The highest BCUT2D eigenvalue weighted by atomic mass is 19.1. The molecule has 0 fully saturated rings. The van der Waals surface area contributed by atoms with Gasteiger partial charge in [-0.3, -0.25) is 9.59 Å². The minimum atomic E-state index is -0.545. The molecular formula is C22H24FN3O4. The summed E-state index contributed by atoms with van der Waals surface area (Å²) in [5.41, 5.74) is 3.63. The van der Waals surface area contributed by atoms with Gasteiger partial charge in [-0.2, -0.15) is 5.10 Å². The number of ether oxygens (including phenoxy) is 1. The molecule has 2 aromatic rings. The van der Waals surface area contributed by atoms with E-state index in [1.807, 2.05) is 0 Å². The molecule has 3 N–H and O–H groups in total. The Balaban J connectivity index is 1.90. The lowest BCUT2D eigenvalue weighted by molar-refractivity contribution is -0.124. The Labute approximate surface area is 174 Å². The molecule has 7 nitrogen and oxygen atoms in total. The van der Waals surface area contributed by atoms with Gasteiger partial charge in [-0.1, -0.05) is 18.2 Å². The van der Waals surface area contributed by atoms with Gasteiger partial charge < -0.3 is 15.2 Å². The van der Waals surface area contributed by atoms with E-state index >= 15 is 0 Å². The number of halogens is 1. The normalized spacial score (nSPS) is 10.6. The Morgan fingerprint density at radius 1 is 1.23 bits per heavy atom. The summed E-state index contributed by atoms with van der Waals surface area (Å²) in [5.74, 6) is -1.14. The van der Waals surface area contributed by atoms with Gasteiger partial charge in [0.25, 0.3) is 0 Å². The fraction of sp³-hybridized carbons (Fsp3) is 0.227. The SMILES string of the molecule is C=CCc1cc(C=NNC(=O)CCC(=O)Nc2ccccc2F)cc(OCC)c1O. The van der Waals surface area contributed by atoms with E-state index in [1.54, 1.807) is 31.2 Å². The molecule has 0 unspecified atom stereocenters. The minimum Gasteiger partial charge on any atom is -0.504 e. The van der Waals surface area contributed by atoms with Crippen molar-refractivity contribution in [3.63, 3.8) is 0 Å². The summed E-state index contributed by atoms with van der Waals surface area (Å²) in [5, 5.41) is 16.5.